The Morgan fingerprint density at radius 1 is 1.10 bits per heavy atom. The first kappa shape index (κ1) is 15.9. The lowest BCUT2D eigenvalue weighted by Gasteiger charge is -2.18. The molecule has 0 spiro atoms. The van der Waals surface area contributed by atoms with E-state index in [1.54, 1.807) is 30.3 Å². The summed E-state index contributed by atoms with van der Waals surface area (Å²) in [5, 5.41) is 0. The van der Waals surface area contributed by atoms with Gasteiger partial charge in [0.05, 0.1) is 11.4 Å². The molecule has 6 heteroatoms. The van der Waals surface area contributed by atoms with Gasteiger partial charge in [-0.15, -0.1) is 0 Å². The first-order valence-corrected chi connectivity index (χ1v) is 8.64. The van der Waals surface area contributed by atoms with Gasteiger partial charge in [0, 0.05) is 18.6 Å². The summed E-state index contributed by atoms with van der Waals surface area (Å²) in [6, 6.07) is 12.4. The smallest absolute Gasteiger partial charge is 0.263 e. The average Bonchev–Trinajstić information content (AvgIpc) is 2.37. The highest BCUT2D eigenvalue weighted by molar-refractivity contribution is 9.10. The maximum atomic E-state index is 12.5. The number of halogens is 1. The molecule has 0 saturated heterocycles. The second kappa shape index (κ2) is 6.07. The van der Waals surface area contributed by atoms with E-state index in [1.165, 1.54) is 0 Å². The number of nitrogens with one attached hydrogen (secondary N) is 1. The minimum atomic E-state index is -3.64. The summed E-state index contributed by atoms with van der Waals surface area (Å²) in [4.78, 5) is 2.09. The van der Waals surface area contributed by atoms with E-state index in [-0.39, 0.29) is 4.90 Å². The summed E-state index contributed by atoms with van der Waals surface area (Å²) in [6.45, 7) is 1.91. The Balaban J connectivity index is 2.43. The molecule has 0 radical (unpaired) electrons. The van der Waals surface area contributed by atoms with Crippen molar-refractivity contribution in [3.8, 4) is 0 Å². The van der Waals surface area contributed by atoms with Gasteiger partial charge in [-0.1, -0.05) is 18.2 Å². The van der Waals surface area contributed by atoms with Crippen molar-refractivity contribution in [2.45, 2.75) is 11.8 Å². The molecule has 2 aromatic carbocycles. The summed E-state index contributed by atoms with van der Waals surface area (Å²) in [5.41, 5.74) is 2.36. The lowest BCUT2D eigenvalue weighted by atomic mass is 10.2. The number of hydrogen-bond acceptors (Lipinski definition) is 3. The maximum absolute atomic E-state index is 12.5. The molecular formula is C15H17BrN2O2S. The van der Waals surface area contributed by atoms with Crippen LogP contribution >= 0.6 is 15.9 Å². The van der Waals surface area contributed by atoms with Gasteiger partial charge in [0.15, 0.2) is 0 Å². The van der Waals surface area contributed by atoms with Crippen molar-refractivity contribution in [3.63, 3.8) is 0 Å². The van der Waals surface area contributed by atoms with Crippen molar-refractivity contribution < 1.29 is 8.42 Å². The third-order valence-corrected chi connectivity index (χ3v) is 5.35. The van der Waals surface area contributed by atoms with Crippen LogP contribution < -0.4 is 9.62 Å². The lowest BCUT2D eigenvalue weighted by molar-refractivity contribution is 0.600. The molecule has 4 nitrogen and oxygen atoms in total. The molecule has 0 saturated carbocycles. The van der Waals surface area contributed by atoms with E-state index in [0.29, 0.717) is 10.2 Å². The van der Waals surface area contributed by atoms with Gasteiger partial charge in [0.2, 0.25) is 0 Å². The highest BCUT2D eigenvalue weighted by atomic mass is 79.9. The van der Waals surface area contributed by atoms with Crippen molar-refractivity contribution in [2.24, 2.45) is 0 Å². The van der Waals surface area contributed by atoms with Gasteiger partial charge in [0.1, 0.15) is 4.90 Å². The number of nitrogens with zero attached hydrogens (tertiary/aromatic N) is 1. The first-order chi connectivity index (χ1) is 9.81. The van der Waals surface area contributed by atoms with Gasteiger partial charge >= 0.3 is 0 Å². The minimum Gasteiger partial charge on any atom is -0.376 e. The van der Waals surface area contributed by atoms with Gasteiger partial charge in [-0.25, -0.2) is 8.42 Å². The summed E-state index contributed by atoms with van der Waals surface area (Å²) in [7, 11) is 0.0996. The van der Waals surface area contributed by atoms with E-state index in [4.69, 9.17) is 0 Å². The standard InChI is InChI=1S/C15H17BrN2O2S/c1-11-8-9-15(12(16)10-11)21(19,20)17-13-6-4-5-7-14(13)18(2)3/h4-10,17H,1-3H3. The van der Waals surface area contributed by atoms with Crippen LogP contribution in [0.4, 0.5) is 11.4 Å². The molecule has 0 amide bonds. The highest BCUT2D eigenvalue weighted by Crippen LogP contribution is 2.29. The van der Waals surface area contributed by atoms with E-state index in [2.05, 4.69) is 20.7 Å². The minimum absolute atomic E-state index is 0.224. The van der Waals surface area contributed by atoms with E-state index < -0.39 is 10.0 Å². The zero-order valence-corrected chi connectivity index (χ0v) is 14.5. The topological polar surface area (TPSA) is 49.4 Å². The van der Waals surface area contributed by atoms with Crippen LogP contribution in [0.1, 0.15) is 5.56 Å². The Kier molecular flexibility index (Phi) is 4.58. The predicted molar refractivity (Wildman–Crippen MR) is 90.5 cm³/mol. The molecule has 0 unspecified atom stereocenters. The molecule has 1 N–H and O–H groups in total. The number of hydrogen-bond donors (Lipinski definition) is 1. The number of sulfonamides is 1. The van der Waals surface area contributed by atoms with Gasteiger partial charge in [-0.05, 0) is 52.7 Å². The molecule has 2 rings (SSSR count). The molecule has 112 valence electrons. The Bertz CT molecular complexity index is 758. The van der Waals surface area contributed by atoms with Crippen molar-refractivity contribution in [3.05, 3.63) is 52.5 Å². The van der Waals surface area contributed by atoms with E-state index in [0.717, 1.165) is 11.3 Å². The third kappa shape index (κ3) is 3.57. The average molecular weight is 369 g/mol. The van der Waals surface area contributed by atoms with Gasteiger partial charge < -0.3 is 4.90 Å². The molecule has 2 aromatic rings. The molecule has 0 aliphatic rings. The second-order valence-electron chi connectivity index (χ2n) is 4.95. The number of aryl methyl sites for hydroxylation is 1. The Morgan fingerprint density at radius 3 is 2.38 bits per heavy atom. The van der Waals surface area contributed by atoms with Crippen LogP contribution in [0.25, 0.3) is 0 Å². The SMILES string of the molecule is Cc1ccc(S(=O)(=O)Nc2ccccc2N(C)C)c(Br)c1. The van der Waals surface area contributed by atoms with Crippen LogP contribution in [-0.4, -0.2) is 22.5 Å². The van der Waals surface area contributed by atoms with Crippen LogP contribution in [0, 0.1) is 6.92 Å². The van der Waals surface area contributed by atoms with Crippen LogP contribution in [0.3, 0.4) is 0 Å². The largest absolute Gasteiger partial charge is 0.376 e. The predicted octanol–water partition coefficient (Wildman–Crippen LogP) is 3.62. The molecule has 0 fully saturated rings. The molecular weight excluding hydrogens is 352 g/mol. The second-order valence-corrected chi connectivity index (χ2v) is 7.46. The normalized spacial score (nSPS) is 11.2. The van der Waals surface area contributed by atoms with E-state index in [9.17, 15) is 8.42 Å². The summed E-state index contributed by atoms with van der Waals surface area (Å²) >= 11 is 3.31. The van der Waals surface area contributed by atoms with Gasteiger partial charge in [0.25, 0.3) is 10.0 Å². The van der Waals surface area contributed by atoms with Crippen LogP contribution in [0.5, 0.6) is 0 Å². The zero-order valence-electron chi connectivity index (χ0n) is 12.1. The molecule has 0 aliphatic carbocycles. The van der Waals surface area contributed by atoms with E-state index in [1.807, 2.05) is 38.1 Å². The molecule has 0 aromatic heterocycles. The van der Waals surface area contributed by atoms with Gasteiger partial charge in [-0.2, -0.15) is 0 Å². The zero-order chi connectivity index (χ0) is 15.6. The van der Waals surface area contributed by atoms with Crippen molar-refractivity contribution in [1.82, 2.24) is 0 Å². The first-order valence-electron chi connectivity index (χ1n) is 6.36. The quantitative estimate of drug-likeness (QED) is 0.896. The molecule has 0 atom stereocenters. The molecule has 0 bridgehead atoms. The molecule has 0 aliphatic heterocycles. The highest BCUT2D eigenvalue weighted by Gasteiger charge is 2.19. The number of rotatable bonds is 4. The number of anilines is 2. The number of para-hydroxylation sites is 2. The maximum Gasteiger partial charge on any atom is 0.263 e. The Labute approximate surface area is 134 Å². The lowest BCUT2D eigenvalue weighted by Crippen LogP contribution is -2.17. The fraction of sp³-hybridized carbons (Fsp3) is 0.200. The van der Waals surface area contributed by atoms with Crippen molar-refractivity contribution in [2.75, 3.05) is 23.7 Å². The summed E-state index contributed by atoms with van der Waals surface area (Å²) in [6.07, 6.45) is 0. The molecule has 0 heterocycles. The monoisotopic (exact) mass is 368 g/mol. The Morgan fingerprint density at radius 2 is 1.76 bits per heavy atom. The van der Waals surface area contributed by atoms with Crippen molar-refractivity contribution in [1.29, 1.82) is 0 Å². The fourth-order valence-corrected chi connectivity index (χ4v) is 4.24. The third-order valence-electron chi connectivity index (χ3n) is 3.01. The van der Waals surface area contributed by atoms with Crippen molar-refractivity contribution >= 4 is 37.3 Å². The molecule has 21 heavy (non-hydrogen) atoms. The summed E-state index contributed by atoms with van der Waals surface area (Å²) in [5.74, 6) is 0. The fourth-order valence-electron chi connectivity index (χ4n) is 1.97. The van der Waals surface area contributed by atoms with Gasteiger partial charge in [-0.3, -0.25) is 4.72 Å². The number of benzene rings is 2. The van der Waals surface area contributed by atoms with E-state index >= 15 is 0 Å². The van der Waals surface area contributed by atoms with Crippen LogP contribution in [0.2, 0.25) is 0 Å². The van der Waals surface area contributed by atoms with Crippen LogP contribution in [0.15, 0.2) is 51.8 Å². The van der Waals surface area contributed by atoms with Crippen LogP contribution in [-0.2, 0) is 10.0 Å². The Hall–Kier alpha value is -1.53. The summed E-state index contributed by atoms with van der Waals surface area (Å²) < 4.78 is 28.3.